The lowest BCUT2D eigenvalue weighted by atomic mass is 9.87. The lowest BCUT2D eigenvalue weighted by Gasteiger charge is -2.36. The molecule has 1 N–H and O–H groups in total. The summed E-state index contributed by atoms with van der Waals surface area (Å²) in [5.74, 6) is -1.95. The number of pyridine rings is 2. The first-order valence-corrected chi connectivity index (χ1v) is 14.7. The average molecular weight is 664 g/mol. The van der Waals surface area contributed by atoms with Crippen LogP contribution in [0.2, 0.25) is 0 Å². The molecule has 2 aromatic carbocycles. The number of hydrogen-bond acceptors (Lipinski definition) is 4. The lowest BCUT2D eigenvalue weighted by Crippen LogP contribution is -3.00. The molecule has 230 valence electrons. The summed E-state index contributed by atoms with van der Waals surface area (Å²) in [7, 11) is 0. The van der Waals surface area contributed by atoms with Crippen LogP contribution in [0, 0.1) is 5.82 Å². The molecule has 10 heteroatoms. The molecule has 1 aliphatic heterocycles. The van der Waals surface area contributed by atoms with Crippen molar-refractivity contribution >= 4 is 28.5 Å². The van der Waals surface area contributed by atoms with Crippen molar-refractivity contribution in [1.82, 2.24) is 9.47 Å². The molecule has 6 rings (SSSR count). The molecule has 3 heterocycles. The van der Waals surface area contributed by atoms with E-state index >= 15 is 4.39 Å². The van der Waals surface area contributed by atoms with E-state index in [9.17, 15) is 19.5 Å². The molecule has 1 saturated heterocycles. The number of aromatic carboxylic acids is 1. The molecule has 2 aromatic heterocycles. The third kappa shape index (κ3) is 6.26. The number of carboxylic acid groups (broad SMARTS) is 1. The number of rotatable bonds is 6. The Morgan fingerprint density at radius 1 is 0.977 bits per heavy atom. The van der Waals surface area contributed by atoms with E-state index in [2.05, 4.69) is 45.0 Å². The molecule has 1 amide bonds. The van der Waals surface area contributed by atoms with Crippen LogP contribution in [-0.2, 0) is 12.0 Å². The summed E-state index contributed by atoms with van der Waals surface area (Å²) in [6, 6.07) is 15.2. The molecule has 0 bridgehead atoms. The van der Waals surface area contributed by atoms with Crippen molar-refractivity contribution < 1.29 is 40.6 Å². The Bertz CT molecular complexity index is 1770. The normalized spacial score (nSPS) is 15.3. The van der Waals surface area contributed by atoms with E-state index in [1.165, 1.54) is 17.3 Å². The van der Waals surface area contributed by atoms with E-state index in [4.69, 9.17) is 0 Å². The number of piperazine rings is 1. The number of halogens is 2. The van der Waals surface area contributed by atoms with Crippen molar-refractivity contribution in [3.05, 3.63) is 105 Å². The van der Waals surface area contributed by atoms with E-state index in [0.717, 1.165) is 18.9 Å². The van der Waals surface area contributed by atoms with Gasteiger partial charge in [-0.1, -0.05) is 45.0 Å². The molecule has 2 aliphatic rings. The second-order valence-electron chi connectivity index (χ2n) is 12.6. The molecule has 1 saturated carbocycles. The second kappa shape index (κ2) is 12.1. The van der Waals surface area contributed by atoms with Crippen LogP contribution in [0.4, 0.5) is 10.1 Å². The summed E-state index contributed by atoms with van der Waals surface area (Å²) >= 11 is 0. The van der Waals surface area contributed by atoms with Gasteiger partial charge in [0.15, 0.2) is 18.9 Å². The van der Waals surface area contributed by atoms with Crippen molar-refractivity contribution in [2.24, 2.45) is 0 Å². The maximum absolute atomic E-state index is 15.3. The highest BCUT2D eigenvalue weighted by Crippen LogP contribution is 2.38. The first kappa shape index (κ1) is 31.4. The number of amides is 1. The lowest BCUT2D eigenvalue weighted by molar-refractivity contribution is -0.688. The third-order valence-electron chi connectivity index (χ3n) is 8.50. The smallest absolute Gasteiger partial charge is 0.341 e. The monoisotopic (exact) mass is 662 g/mol. The van der Waals surface area contributed by atoms with Crippen LogP contribution in [0.1, 0.15) is 71.5 Å². The van der Waals surface area contributed by atoms with Crippen molar-refractivity contribution in [2.45, 2.75) is 51.6 Å². The number of aromatic nitrogens is 2. The highest BCUT2D eigenvalue weighted by molar-refractivity contribution is 5.95. The number of anilines is 1. The van der Waals surface area contributed by atoms with Gasteiger partial charge in [-0.25, -0.2) is 13.8 Å². The predicted molar refractivity (Wildman–Crippen MR) is 162 cm³/mol. The summed E-state index contributed by atoms with van der Waals surface area (Å²) in [5.41, 5.74) is 3.05. The van der Waals surface area contributed by atoms with Gasteiger partial charge in [0.05, 0.1) is 16.8 Å². The maximum Gasteiger partial charge on any atom is 0.341 e. The second-order valence-corrected chi connectivity index (χ2v) is 12.6. The highest BCUT2D eigenvalue weighted by Gasteiger charge is 2.29. The van der Waals surface area contributed by atoms with Crippen LogP contribution >= 0.6 is 0 Å². The van der Waals surface area contributed by atoms with Gasteiger partial charge >= 0.3 is 5.97 Å². The van der Waals surface area contributed by atoms with Crippen LogP contribution in [0.5, 0.6) is 0 Å². The van der Waals surface area contributed by atoms with Crippen molar-refractivity contribution in [2.75, 3.05) is 31.1 Å². The van der Waals surface area contributed by atoms with Crippen molar-refractivity contribution in [3.8, 4) is 0 Å². The van der Waals surface area contributed by atoms with Gasteiger partial charge in [0, 0.05) is 61.5 Å². The van der Waals surface area contributed by atoms with Crippen LogP contribution in [0.15, 0.2) is 71.9 Å². The number of fused-ring (bicyclic) bond motifs is 1. The largest absolute Gasteiger partial charge is 1.00 e. The molecule has 0 spiro atoms. The Morgan fingerprint density at radius 3 is 2.18 bits per heavy atom. The fourth-order valence-electron chi connectivity index (χ4n) is 5.77. The standard InChI is InChI=1S/C34H35FN4O4.BrH/c1-34(2,3)24-6-4-22(5-7-24)20-36-12-10-23(11-13-36)32(41)38-16-14-37(15-17-38)30-19-29-26(18-28(30)35)31(40)27(33(42)43)21-39(29)25-8-9-25;/h4-7,10-13,18-19,21,25H,8-9,14-17,20H2,1-3H3;1H. The fraction of sp³-hybridized carbons (Fsp3) is 0.353. The molecule has 44 heavy (non-hydrogen) atoms. The zero-order valence-electron chi connectivity index (χ0n) is 25.1. The molecule has 2 fully saturated rings. The maximum atomic E-state index is 15.3. The van der Waals surface area contributed by atoms with Gasteiger partial charge < -0.3 is 36.5 Å². The van der Waals surface area contributed by atoms with Gasteiger partial charge in [-0.3, -0.25) is 9.59 Å². The van der Waals surface area contributed by atoms with Gasteiger partial charge in [-0.15, -0.1) is 0 Å². The SMILES string of the molecule is CC(C)(C)c1ccc(C[n+]2ccc(C(=O)N3CCN(c4cc5c(cc4F)c(=O)c(C(=O)O)cn5C4CC4)CC3)cc2)cc1.[Br-]. The quantitative estimate of drug-likeness (QED) is 0.318. The predicted octanol–water partition coefficient (Wildman–Crippen LogP) is 1.77. The molecule has 0 atom stereocenters. The van der Waals surface area contributed by atoms with Crippen molar-refractivity contribution in [1.29, 1.82) is 0 Å². The van der Waals surface area contributed by atoms with E-state index < -0.39 is 17.2 Å². The molecule has 4 aromatic rings. The van der Waals surface area contributed by atoms with Crippen molar-refractivity contribution in [3.63, 3.8) is 0 Å². The van der Waals surface area contributed by atoms with Gasteiger partial charge in [-0.2, -0.15) is 0 Å². The summed E-state index contributed by atoms with van der Waals surface area (Å²) in [6.45, 7) is 9.03. The molecule has 8 nitrogen and oxygen atoms in total. The van der Waals surface area contributed by atoms with Crippen LogP contribution < -0.4 is 31.9 Å². The Kier molecular flexibility index (Phi) is 8.66. The molecular formula is C34H36BrFN4O4. The number of carboxylic acids is 1. The summed E-state index contributed by atoms with van der Waals surface area (Å²) in [4.78, 5) is 41.4. The van der Waals surface area contributed by atoms with Gasteiger partial charge in [0.2, 0.25) is 5.43 Å². The molecule has 1 aliphatic carbocycles. The minimum Gasteiger partial charge on any atom is -1.00 e. The minimum atomic E-state index is -1.31. The number of nitrogens with zero attached hydrogens (tertiary/aromatic N) is 4. The molecule has 0 radical (unpaired) electrons. The highest BCUT2D eigenvalue weighted by atomic mass is 79.9. The fourth-order valence-corrected chi connectivity index (χ4v) is 5.77. The van der Waals surface area contributed by atoms with Gasteiger partial charge in [0.1, 0.15) is 11.4 Å². The Balaban J connectivity index is 0.00000384. The summed E-state index contributed by atoms with van der Waals surface area (Å²) in [5, 5.41) is 9.56. The van der Waals surface area contributed by atoms with Crippen LogP contribution in [0.25, 0.3) is 10.9 Å². The van der Waals surface area contributed by atoms with Crippen LogP contribution in [0.3, 0.4) is 0 Å². The van der Waals surface area contributed by atoms with E-state index in [1.807, 2.05) is 34.0 Å². The summed E-state index contributed by atoms with van der Waals surface area (Å²) in [6.07, 6.45) is 6.99. The number of benzene rings is 2. The minimum absolute atomic E-state index is 0. The average Bonchev–Trinajstić information content (AvgIpc) is 3.83. The molecular weight excluding hydrogens is 627 g/mol. The molecule has 0 unspecified atom stereocenters. The number of carbonyl (C=O) groups excluding carboxylic acids is 1. The zero-order chi connectivity index (χ0) is 30.5. The van der Waals surface area contributed by atoms with E-state index in [1.54, 1.807) is 15.5 Å². The first-order chi connectivity index (χ1) is 20.5. The number of carbonyl (C=O) groups is 2. The zero-order valence-corrected chi connectivity index (χ0v) is 26.7. The van der Waals surface area contributed by atoms with E-state index in [-0.39, 0.29) is 45.3 Å². The summed E-state index contributed by atoms with van der Waals surface area (Å²) < 4.78 is 19.2. The van der Waals surface area contributed by atoms with Gasteiger partial charge in [0.25, 0.3) is 5.91 Å². The van der Waals surface area contributed by atoms with Crippen LogP contribution in [-0.4, -0.2) is 52.6 Å². The van der Waals surface area contributed by atoms with E-state index in [0.29, 0.717) is 49.5 Å². The number of hydrogen-bond donors (Lipinski definition) is 1. The third-order valence-corrected chi connectivity index (χ3v) is 8.50. The Morgan fingerprint density at radius 2 is 1.61 bits per heavy atom. The Hall–Kier alpha value is -4.05. The van der Waals surface area contributed by atoms with Gasteiger partial charge in [-0.05, 0) is 36.0 Å². The first-order valence-electron chi connectivity index (χ1n) is 14.7. The topological polar surface area (TPSA) is 86.7 Å². The Labute approximate surface area is 266 Å².